The molecule has 6 rings (SSSR count). The lowest BCUT2D eigenvalue weighted by atomic mass is 9.94. The van der Waals surface area contributed by atoms with E-state index in [1.807, 2.05) is 0 Å². The van der Waals surface area contributed by atoms with Crippen LogP contribution in [0.4, 0.5) is 13.2 Å². The number of hydrogen-bond donors (Lipinski definition) is 7. The van der Waals surface area contributed by atoms with Gasteiger partial charge in [-0.25, -0.2) is 13.2 Å². The van der Waals surface area contributed by atoms with E-state index in [1.165, 1.54) is 23.1 Å². The molecule has 4 heterocycles. The number of aromatic amines is 2. The van der Waals surface area contributed by atoms with E-state index in [2.05, 4.69) is 31.2 Å². The van der Waals surface area contributed by atoms with Gasteiger partial charge in [0.1, 0.15) is 29.9 Å². The summed E-state index contributed by atoms with van der Waals surface area (Å²) >= 11 is 0. The highest BCUT2D eigenvalue weighted by molar-refractivity contribution is 5.97. The fourth-order valence-corrected chi connectivity index (χ4v) is 8.40. The van der Waals surface area contributed by atoms with E-state index in [-0.39, 0.29) is 68.4 Å². The summed E-state index contributed by atoms with van der Waals surface area (Å²) in [5.41, 5.74) is 2.88. The number of halogens is 3. The van der Waals surface area contributed by atoms with Crippen molar-refractivity contribution in [1.29, 1.82) is 0 Å². The van der Waals surface area contributed by atoms with Gasteiger partial charge in [-0.3, -0.25) is 19.2 Å². The minimum Gasteiger partial charge on any atom is -0.391 e. The maximum atomic E-state index is 15.6. The summed E-state index contributed by atoms with van der Waals surface area (Å²) in [7, 11) is 3.28. The van der Waals surface area contributed by atoms with Crippen LogP contribution in [0.15, 0.2) is 36.4 Å². The molecule has 0 spiro atoms. The van der Waals surface area contributed by atoms with Crippen molar-refractivity contribution in [3.63, 3.8) is 0 Å². The monoisotopic (exact) mass is 808 g/mol. The first-order valence-electron chi connectivity index (χ1n) is 20.2. The van der Waals surface area contributed by atoms with E-state index < -0.39 is 66.1 Å². The Balaban J connectivity index is 1.40. The summed E-state index contributed by atoms with van der Waals surface area (Å²) in [5, 5.41) is 23.4. The third-order valence-electron chi connectivity index (χ3n) is 11.9. The number of amides is 4. The largest absolute Gasteiger partial charge is 0.391 e. The lowest BCUT2D eigenvalue weighted by Crippen LogP contribution is -2.53. The number of β-amino-alcohol motifs (C(OH)–C–C–N with tert-alkyl or cyclic N) is 1. The number of rotatable bonds is 15. The number of hydrogen-bond acceptors (Lipinski definition) is 7. The van der Waals surface area contributed by atoms with Crippen molar-refractivity contribution in [3.05, 3.63) is 59.2 Å². The molecule has 16 heteroatoms. The molecular formula is C42H55F3N8O5. The zero-order valence-electron chi connectivity index (χ0n) is 33.8. The highest BCUT2D eigenvalue weighted by Gasteiger charge is 2.41. The van der Waals surface area contributed by atoms with Gasteiger partial charge in [0.15, 0.2) is 0 Å². The van der Waals surface area contributed by atoms with Crippen molar-refractivity contribution in [3.8, 4) is 11.4 Å². The summed E-state index contributed by atoms with van der Waals surface area (Å²) in [5.74, 6) is -2.46. The van der Waals surface area contributed by atoms with E-state index in [1.54, 1.807) is 64.9 Å². The Morgan fingerprint density at radius 2 is 1.34 bits per heavy atom. The van der Waals surface area contributed by atoms with Gasteiger partial charge in [-0.15, -0.1) is 0 Å². The summed E-state index contributed by atoms with van der Waals surface area (Å²) < 4.78 is 45.8. The third kappa shape index (κ3) is 8.59. The fraction of sp³-hybridized carbons (Fsp3) is 0.524. The van der Waals surface area contributed by atoms with Gasteiger partial charge >= 0.3 is 0 Å². The van der Waals surface area contributed by atoms with Crippen molar-refractivity contribution in [2.24, 2.45) is 0 Å². The lowest BCUT2D eigenvalue weighted by Gasteiger charge is -2.30. The van der Waals surface area contributed by atoms with E-state index in [0.717, 1.165) is 0 Å². The predicted molar refractivity (Wildman–Crippen MR) is 216 cm³/mol. The summed E-state index contributed by atoms with van der Waals surface area (Å²) in [6, 6.07) is 4.99. The summed E-state index contributed by atoms with van der Waals surface area (Å²) in [4.78, 5) is 63.3. The standard InChI is InChI=1S/C42H55F3N8O5/c1-7-33(49-39(55)21(3)46-5)41(57)52-19-24(44)14-25(52)17-31-29-10-9-11-32(45)36(29)51-38(31)37-30(28-13-12-23(43)15-35(28)48-37)18-26-16-27(54)20-53(26)42(58)34(8-2)50-40(56)22(4)47-6/h9-13,15,21-22,24-27,33-34,46-48,51,54H,7-8,14,16-20H2,1-6H3,(H,49,55)(H,50,56). The molecule has 8 atom stereocenters. The first-order valence-corrected chi connectivity index (χ1v) is 20.2. The van der Waals surface area contributed by atoms with E-state index in [9.17, 15) is 28.7 Å². The van der Waals surface area contributed by atoms with Crippen LogP contribution in [0.1, 0.15) is 64.5 Å². The first-order chi connectivity index (χ1) is 27.7. The van der Waals surface area contributed by atoms with Crippen LogP contribution in [0, 0.1) is 11.6 Å². The van der Waals surface area contributed by atoms with E-state index >= 15 is 8.78 Å². The molecule has 7 N–H and O–H groups in total. The molecule has 2 aliphatic rings. The molecule has 2 fully saturated rings. The molecular weight excluding hydrogens is 754 g/mol. The minimum absolute atomic E-state index is 0.0223. The van der Waals surface area contributed by atoms with Gasteiger partial charge < -0.3 is 46.1 Å². The average molecular weight is 809 g/mol. The summed E-state index contributed by atoms with van der Waals surface area (Å²) in [6.07, 6.45) is -0.953. The molecule has 8 unspecified atom stereocenters. The number of likely N-dealkylation sites (N-methyl/N-ethyl adjacent to an activating group) is 2. The summed E-state index contributed by atoms with van der Waals surface area (Å²) in [6.45, 7) is 6.81. The number of para-hydroxylation sites is 1. The number of fused-ring (bicyclic) bond motifs is 2. The number of benzene rings is 2. The highest BCUT2D eigenvalue weighted by Crippen LogP contribution is 2.40. The Morgan fingerprint density at radius 1 is 0.793 bits per heavy atom. The molecule has 13 nitrogen and oxygen atoms in total. The van der Waals surface area contributed by atoms with E-state index in [4.69, 9.17) is 0 Å². The average Bonchev–Trinajstić information content (AvgIpc) is 3.97. The zero-order valence-corrected chi connectivity index (χ0v) is 33.8. The second kappa shape index (κ2) is 17.9. The number of carbonyl (C=O) groups excluding carboxylic acids is 4. The van der Waals surface area contributed by atoms with Crippen molar-refractivity contribution in [2.75, 3.05) is 27.2 Å². The van der Waals surface area contributed by atoms with Crippen LogP contribution in [0.25, 0.3) is 33.2 Å². The Bertz CT molecular complexity index is 2160. The van der Waals surface area contributed by atoms with Crippen LogP contribution in [0.5, 0.6) is 0 Å². The zero-order chi connectivity index (χ0) is 42.0. The Kier molecular flexibility index (Phi) is 13.2. The van der Waals surface area contributed by atoms with Crippen molar-refractivity contribution in [2.45, 2.75) is 115 Å². The highest BCUT2D eigenvalue weighted by atomic mass is 19.1. The topological polar surface area (TPSA) is 175 Å². The van der Waals surface area contributed by atoms with Crippen molar-refractivity contribution < 1.29 is 37.5 Å². The number of H-pyrrole nitrogens is 2. The molecule has 314 valence electrons. The number of carbonyl (C=O) groups is 4. The smallest absolute Gasteiger partial charge is 0.245 e. The quantitative estimate of drug-likeness (QED) is 0.0962. The number of aliphatic hydroxyl groups is 1. The lowest BCUT2D eigenvalue weighted by molar-refractivity contribution is -0.138. The van der Waals surface area contributed by atoms with Gasteiger partial charge in [0, 0.05) is 41.3 Å². The molecule has 58 heavy (non-hydrogen) atoms. The van der Waals surface area contributed by atoms with Gasteiger partial charge in [0.2, 0.25) is 23.6 Å². The van der Waals surface area contributed by atoms with Gasteiger partial charge in [-0.1, -0.05) is 26.0 Å². The third-order valence-corrected chi connectivity index (χ3v) is 11.9. The second-order valence-corrected chi connectivity index (χ2v) is 15.7. The van der Waals surface area contributed by atoms with E-state index in [0.29, 0.717) is 45.2 Å². The number of nitrogens with zero attached hydrogens (tertiary/aromatic N) is 2. The molecule has 2 aromatic carbocycles. The minimum atomic E-state index is -1.33. The predicted octanol–water partition coefficient (Wildman–Crippen LogP) is 3.59. The van der Waals surface area contributed by atoms with Gasteiger partial charge in [-0.2, -0.15) is 0 Å². The maximum absolute atomic E-state index is 15.6. The Hall–Kier alpha value is -4.93. The van der Waals surface area contributed by atoms with Gasteiger partial charge in [-0.05, 0) is 95.4 Å². The first kappa shape index (κ1) is 42.7. The van der Waals surface area contributed by atoms with Crippen molar-refractivity contribution >= 4 is 45.4 Å². The van der Waals surface area contributed by atoms with Crippen LogP contribution < -0.4 is 21.3 Å². The van der Waals surface area contributed by atoms with Gasteiger partial charge in [0.05, 0.1) is 41.6 Å². The second-order valence-electron chi connectivity index (χ2n) is 15.7. The molecule has 0 radical (unpaired) electrons. The van der Waals surface area contributed by atoms with Crippen LogP contribution in [0.2, 0.25) is 0 Å². The number of nitrogens with one attached hydrogen (secondary N) is 6. The Labute approximate surface area is 335 Å². The van der Waals surface area contributed by atoms with Crippen LogP contribution >= 0.6 is 0 Å². The number of aliphatic hydroxyl groups excluding tert-OH is 1. The number of likely N-dealkylation sites (tertiary alicyclic amines) is 2. The molecule has 0 saturated carbocycles. The van der Waals surface area contributed by atoms with Crippen LogP contribution in [-0.4, -0.2) is 124 Å². The molecule has 2 saturated heterocycles. The molecule has 2 aliphatic heterocycles. The Morgan fingerprint density at radius 3 is 1.93 bits per heavy atom. The van der Waals surface area contributed by atoms with Gasteiger partial charge in [0.25, 0.3) is 0 Å². The molecule has 4 aromatic rings. The molecule has 0 aliphatic carbocycles. The molecule has 2 aromatic heterocycles. The van der Waals surface area contributed by atoms with Crippen LogP contribution in [0.3, 0.4) is 0 Å². The van der Waals surface area contributed by atoms with Crippen LogP contribution in [-0.2, 0) is 32.0 Å². The molecule has 0 bridgehead atoms. The number of alkyl halides is 1. The number of aromatic nitrogens is 2. The maximum Gasteiger partial charge on any atom is 0.245 e. The fourth-order valence-electron chi connectivity index (χ4n) is 8.40. The normalized spacial score (nSPS) is 21.7. The molecule has 4 amide bonds. The van der Waals surface area contributed by atoms with Crippen molar-refractivity contribution in [1.82, 2.24) is 41.0 Å². The SMILES string of the molecule is CCC(NC(=O)C(C)NC)C(=O)N1CC(O)CC1Cc1c(-c2[nH]c3c(F)cccc3c2CC2CC(F)CN2C(=O)C(CC)NC(=O)C(C)NC)[nH]c2cc(F)ccc12.